The third-order valence-electron chi connectivity index (χ3n) is 3.17. The number of nitrogen functional groups attached to an aromatic ring is 1. The molecule has 102 valence electrons. The van der Waals surface area contributed by atoms with Gasteiger partial charge < -0.3 is 20.4 Å². The van der Waals surface area contributed by atoms with Crippen molar-refractivity contribution in [3.05, 3.63) is 30.0 Å². The Labute approximate surface area is 112 Å². The molecule has 0 atom stereocenters. The SMILES string of the molecule is CCN(CCOC)C(=O)c1c[nH]c2cc(N)ccc12. The van der Waals surface area contributed by atoms with Crippen LogP contribution in [0.3, 0.4) is 0 Å². The van der Waals surface area contributed by atoms with Crippen LogP contribution in [0, 0.1) is 0 Å². The van der Waals surface area contributed by atoms with E-state index in [2.05, 4.69) is 4.98 Å². The number of ether oxygens (including phenoxy) is 1. The summed E-state index contributed by atoms with van der Waals surface area (Å²) in [7, 11) is 1.63. The van der Waals surface area contributed by atoms with Gasteiger partial charge in [-0.25, -0.2) is 0 Å². The number of hydrogen-bond donors (Lipinski definition) is 2. The predicted molar refractivity (Wildman–Crippen MR) is 76.2 cm³/mol. The molecule has 0 saturated carbocycles. The second kappa shape index (κ2) is 5.75. The smallest absolute Gasteiger partial charge is 0.256 e. The molecule has 0 aliphatic rings. The number of anilines is 1. The third kappa shape index (κ3) is 2.71. The van der Waals surface area contributed by atoms with Crippen molar-refractivity contribution in [2.75, 3.05) is 32.5 Å². The molecule has 0 unspecified atom stereocenters. The summed E-state index contributed by atoms with van der Waals surface area (Å²) < 4.78 is 5.03. The van der Waals surface area contributed by atoms with E-state index in [1.807, 2.05) is 19.1 Å². The Balaban J connectivity index is 2.30. The Morgan fingerprint density at radius 2 is 2.26 bits per heavy atom. The van der Waals surface area contributed by atoms with E-state index in [0.717, 1.165) is 10.9 Å². The van der Waals surface area contributed by atoms with Gasteiger partial charge >= 0.3 is 0 Å². The Morgan fingerprint density at radius 1 is 1.47 bits per heavy atom. The number of nitrogens with one attached hydrogen (secondary N) is 1. The average molecular weight is 261 g/mol. The lowest BCUT2D eigenvalue weighted by molar-refractivity contribution is 0.0708. The average Bonchev–Trinajstić information content (AvgIpc) is 2.82. The van der Waals surface area contributed by atoms with Gasteiger partial charge in [-0.1, -0.05) is 0 Å². The first-order chi connectivity index (χ1) is 9.17. The molecule has 2 rings (SSSR count). The van der Waals surface area contributed by atoms with Gasteiger partial charge in [0.15, 0.2) is 0 Å². The van der Waals surface area contributed by atoms with Gasteiger partial charge in [-0.15, -0.1) is 0 Å². The highest BCUT2D eigenvalue weighted by Crippen LogP contribution is 2.21. The first-order valence-corrected chi connectivity index (χ1v) is 6.32. The number of aromatic nitrogens is 1. The molecule has 0 aliphatic heterocycles. The molecule has 0 bridgehead atoms. The number of likely N-dealkylation sites (N-methyl/N-ethyl adjacent to an activating group) is 1. The van der Waals surface area contributed by atoms with Gasteiger partial charge in [0.25, 0.3) is 5.91 Å². The maximum Gasteiger partial charge on any atom is 0.256 e. The van der Waals surface area contributed by atoms with Crippen LogP contribution in [0.15, 0.2) is 24.4 Å². The molecule has 1 heterocycles. The second-order valence-electron chi connectivity index (χ2n) is 4.38. The molecule has 0 saturated heterocycles. The van der Waals surface area contributed by atoms with E-state index in [9.17, 15) is 4.79 Å². The molecule has 3 N–H and O–H groups in total. The highest BCUT2D eigenvalue weighted by molar-refractivity contribution is 6.07. The fourth-order valence-corrected chi connectivity index (χ4v) is 2.10. The molecular formula is C14H19N3O2. The van der Waals surface area contributed by atoms with Gasteiger partial charge in [0, 0.05) is 43.0 Å². The van der Waals surface area contributed by atoms with Crippen molar-refractivity contribution < 1.29 is 9.53 Å². The van der Waals surface area contributed by atoms with E-state index in [4.69, 9.17) is 10.5 Å². The number of fused-ring (bicyclic) bond motifs is 1. The van der Waals surface area contributed by atoms with Gasteiger partial charge in [0.2, 0.25) is 0 Å². The third-order valence-corrected chi connectivity index (χ3v) is 3.17. The van der Waals surface area contributed by atoms with Gasteiger partial charge in [0.05, 0.1) is 12.2 Å². The van der Waals surface area contributed by atoms with Crippen LogP contribution in [0.2, 0.25) is 0 Å². The van der Waals surface area contributed by atoms with E-state index in [-0.39, 0.29) is 5.91 Å². The summed E-state index contributed by atoms with van der Waals surface area (Å²) in [6.07, 6.45) is 1.74. The van der Waals surface area contributed by atoms with E-state index in [0.29, 0.717) is 30.9 Å². The van der Waals surface area contributed by atoms with Crippen molar-refractivity contribution in [2.45, 2.75) is 6.92 Å². The second-order valence-corrected chi connectivity index (χ2v) is 4.38. The summed E-state index contributed by atoms with van der Waals surface area (Å²) in [5.74, 6) is 0.00979. The Kier molecular flexibility index (Phi) is 4.06. The van der Waals surface area contributed by atoms with Crippen LogP contribution in [-0.4, -0.2) is 42.6 Å². The molecule has 1 aromatic heterocycles. The van der Waals surface area contributed by atoms with Crippen molar-refractivity contribution in [3.63, 3.8) is 0 Å². The quantitative estimate of drug-likeness (QED) is 0.807. The number of rotatable bonds is 5. The lowest BCUT2D eigenvalue weighted by Gasteiger charge is -2.20. The van der Waals surface area contributed by atoms with Crippen molar-refractivity contribution in [1.82, 2.24) is 9.88 Å². The number of amides is 1. The van der Waals surface area contributed by atoms with Gasteiger partial charge in [-0.3, -0.25) is 4.79 Å². The summed E-state index contributed by atoms with van der Waals surface area (Å²) in [6, 6.07) is 5.51. The molecule has 2 aromatic rings. The van der Waals surface area contributed by atoms with Crippen LogP contribution in [0.1, 0.15) is 17.3 Å². The van der Waals surface area contributed by atoms with E-state index < -0.39 is 0 Å². The van der Waals surface area contributed by atoms with Crippen LogP contribution < -0.4 is 5.73 Å². The lowest BCUT2D eigenvalue weighted by Crippen LogP contribution is -2.33. The van der Waals surface area contributed by atoms with Crippen LogP contribution in [0.4, 0.5) is 5.69 Å². The minimum atomic E-state index is 0.00979. The van der Waals surface area contributed by atoms with Crippen LogP contribution in [0.5, 0.6) is 0 Å². The molecule has 0 radical (unpaired) electrons. The molecule has 19 heavy (non-hydrogen) atoms. The summed E-state index contributed by atoms with van der Waals surface area (Å²) in [6.45, 7) is 3.74. The fourth-order valence-electron chi connectivity index (χ4n) is 2.10. The fraction of sp³-hybridized carbons (Fsp3) is 0.357. The number of benzene rings is 1. The Morgan fingerprint density at radius 3 is 2.95 bits per heavy atom. The van der Waals surface area contributed by atoms with Crippen molar-refractivity contribution >= 4 is 22.5 Å². The first kappa shape index (κ1) is 13.4. The topological polar surface area (TPSA) is 71.3 Å². The Bertz CT molecular complexity index is 577. The van der Waals surface area contributed by atoms with E-state index >= 15 is 0 Å². The molecule has 1 aromatic carbocycles. The predicted octanol–water partition coefficient (Wildman–Crippen LogP) is 1.86. The van der Waals surface area contributed by atoms with Crippen LogP contribution >= 0.6 is 0 Å². The maximum atomic E-state index is 12.5. The molecule has 0 fully saturated rings. The summed E-state index contributed by atoms with van der Waals surface area (Å²) >= 11 is 0. The normalized spacial score (nSPS) is 10.8. The standard InChI is InChI=1S/C14H19N3O2/c1-3-17(6-7-19-2)14(18)12-9-16-13-8-10(15)4-5-11(12)13/h4-5,8-9,16H,3,6-7,15H2,1-2H3. The first-order valence-electron chi connectivity index (χ1n) is 6.32. The number of nitrogens with zero attached hydrogens (tertiary/aromatic N) is 1. The largest absolute Gasteiger partial charge is 0.399 e. The molecule has 0 aliphatic carbocycles. The number of carbonyl (C=O) groups is 1. The summed E-state index contributed by atoms with van der Waals surface area (Å²) in [5, 5.41) is 0.898. The van der Waals surface area contributed by atoms with Crippen molar-refractivity contribution in [3.8, 4) is 0 Å². The summed E-state index contributed by atoms with van der Waals surface area (Å²) in [5.41, 5.74) is 7.96. The number of aromatic amines is 1. The molecule has 5 nitrogen and oxygen atoms in total. The maximum absolute atomic E-state index is 12.5. The number of hydrogen-bond acceptors (Lipinski definition) is 3. The van der Waals surface area contributed by atoms with Crippen LogP contribution in [-0.2, 0) is 4.74 Å². The van der Waals surface area contributed by atoms with Crippen LogP contribution in [0.25, 0.3) is 10.9 Å². The van der Waals surface area contributed by atoms with E-state index in [1.54, 1.807) is 24.3 Å². The highest BCUT2D eigenvalue weighted by atomic mass is 16.5. The summed E-state index contributed by atoms with van der Waals surface area (Å²) in [4.78, 5) is 17.3. The minimum absolute atomic E-state index is 0.00979. The zero-order valence-electron chi connectivity index (χ0n) is 11.3. The molecular weight excluding hydrogens is 242 g/mol. The number of carbonyl (C=O) groups excluding carboxylic acids is 1. The molecule has 1 amide bonds. The zero-order chi connectivity index (χ0) is 13.8. The lowest BCUT2D eigenvalue weighted by atomic mass is 10.1. The zero-order valence-corrected chi connectivity index (χ0v) is 11.3. The minimum Gasteiger partial charge on any atom is -0.399 e. The van der Waals surface area contributed by atoms with Gasteiger partial charge in [0.1, 0.15) is 0 Å². The van der Waals surface area contributed by atoms with Crippen molar-refractivity contribution in [1.29, 1.82) is 0 Å². The Hall–Kier alpha value is -2.01. The number of methoxy groups -OCH3 is 1. The van der Waals surface area contributed by atoms with Gasteiger partial charge in [-0.05, 0) is 25.1 Å². The number of H-pyrrole nitrogens is 1. The monoisotopic (exact) mass is 261 g/mol. The number of nitrogens with two attached hydrogens (primary N) is 1. The van der Waals surface area contributed by atoms with Gasteiger partial charge in [-0.2, -0.15) is 0 Å². The molecule has 5 heteroatoms. The van der Waals surface area contributed by atoms with Crippen molar-refractivity contribution in [2.24, 2.45) is 0 Å². The molecule has 0 spiro atoms. The van der Waals surface area contributed by atoms with E-state index in [1.165, 1.54) is 0 Å². The highest BCUT2D eigenvalue weighted by Gasteiger charge is 2.17.